The van der Waals surface area contributed by atoms with Crippen LogP contribution in [0.5, 0.6) is 5.75 Å². The van der Waals surface area contributed by atoms with Crippen molar-refractivity contribution < 1.29 is 4.74 Å². The van der Waals surface area contributed by atoms with Crippen molar-refractivity contribution in [3.8, 4) is 11.8 Å². The van der Waals surface area contributed by atoms with Crippen LogP contribution in [0.2, 0.25) is 0 Å². The lowest BCUT2D eigenvalue weighted by molar-refractivity contribution is 0.409. The van der Waals surface area contributed by atoms with E-state index >= 15 is 0 Å². The van der Waals surface area contributed by atoms with E-state index in [4.69, 9.17) is 10.00 Å². The first-order valence-electron chi connectivity index (χ1n) is 9.14. The molecule has 4 heteroatoms. The average molecular weight is 345 g/mol. The van der Waals surface area contributed by atoms with E-state index in [0.29, 0.717) is 11.8 Å². The van der Waals surface area contributed by atoms with Gasteiger partial charge in [0.25, 0.3) is 0 Å². The van der Waals surface area contributed by atoms with Crippen molar-refractivity contribution in [2.75, 3.05) is 20.2 Å². The van der Waals surface area contributed by atoms with Gasteiger partial charge in [-0.2, -0.15) is 5.26 Å². The van der Waals surface area contributed by atoms with Crippen molar-refractivity contribution in [2.45, 2.75) is 18.8 Å². The number of para-hydroxylation sites is 1. The molecule has 0 amide bonds. The lowest BCUT2D eigenvalue weighted by Crippen LogP contribution is -2.20. The normalized spacial score (nSPS) is 18.6. The Morgan fingerprint density at radius 3 is 3.00 bits per heavy atom. The summed E-state index contributed by atoms with van der Waals surface area (Å²) in [5.41, 5.74) is 4.45. The standard InChI is InChI=1S/C22H23N3O/c1-26-22-5-3-2-4-16(22)8-9-24-13-17-11-18(17)20-14-25-21-7-6-15(12-23)10-19(20)21/h2-7,10,14,17-18,24-25H,8-9,11,13H2,1H3. The van der Waals surface area contributed by atoms with Crippen LogP contribution in [0.15, 0.2) is 48.7 Å². The third kappa shape index (κ3) is 3.31. The summed E-state index contributed by atoms with van der Waals surface area (Å²) >= 11 is 0. The Hall–Kier alpha value is -2.77. The molecule has 0 spiro atoms. The number of rotatable bonds is 7. The average Bonchev–Trinajstić information content (AvgIpc) is 3.33. The van der Waals surface area contributed by atoms with Crippen LogP contribution >= 0.6 is 0 Å². The second-order valence-corrected chi connectivity index (χ2v) is 6.98. The van der Waals surface area contributed by atoms with Crippen LogP contribution < -0.4 is 10.1 Å². The van der Waals surface area contributed by atoms with Gasteiger partial charge < -0.3 is 15.0 Å². The zero-order chi connectivity index (χ0) is 17.9. The maximum absolute atomic E-state index is 9.13. The topological polar surface area (TPSA) is 60.8 Å². The number of nitriles is 1. The maximum Gasteiger partial charge on any atom is 0.122 e. The molecule has 2 atom stereocenters. The number of aromatic amines is 1. The number of H-pyrrole nitrogens is 1. The van der Waals surface area contributed by atoms with E-state index in [2.05, 4.69) is 34.7 Å². The first-order chi connectivity index (χ1) is 12.8. The molecule has 0 aliphatic heterocycles. The van der Waals surface area contributed by atoms with Crippen LogP contribution in [0.3, 0.4) is 0 Å². The molecule has 2 aromatic carbocycles. The van der Waals surface area contributed by atoms with Gasteiger partial charge in [0.15, 0.2) is 0 Å². The van der Waals surface area contributed by atoms with Crippen molar-refractivity contribution in [3.63, 3.8) is 0 Å². The number of benzene rings is 2. The van der Waals surface area contributed by atoms with E-state index in [0.717, 1.165) is 36.3 Å². The van der Waals surface area contributed by atoms with Gasteiger partial charge in [0.05, 0.1) is 18.7 Å². The Morgan fingerprint density at radius 2 is 2.15 bits per heavy atom. The monoisotopic (exact) mass is 345 g/mol. The molecule has 2 unspecified atom stereocenters. The molecule has 3 aromatic rings. The van der Waals surface area contributed by atoms with E-state index in [1.807, 2.05) is 30.3 Å². The van der Waals surface area contributed by atoms with Gasteiger partial charge in [-0.3, -0.25) is 0 Å². The van der Waals surface area contributed by atoms with Gasteiger partial charge in [-0.05, 0) is 73.2 Å². The van der Waals surface area contributed by atoms with Gasteiger partial charge in [-0.1, -0.05) is 18.2 Å². The zero-order valence-electron chi connectivity index (χ0n) is 15.0. The summed E-state index contributed by atoms with van der Waals surface area (Å²) in [7, 11) is 1.72. The minimum absolute atomic E-state index is 0.594. The van der Waals surface area contributed by atoms with E-state index in [-0.39, 0.29) is 0 Å². The molecule has 0 radical (unpaired) electrons. The predicted molar refractivity (Wildman–Crippen MR) is 103 cm³/mol. The van der Waals surface area contributed by atoms with Crippen molar-refractivity contribution in [3.05, 3.63) is 65.4 Å². The largest absolute Gasteiger partial charge is 0.496 e. The number of fused-ring (bicyclic) bond motifs is 1. The molecular weight excluding hydrogens is 322 g/mol. The maximum atomic E-state index is 9.13. The zero-order valence-corrected chi connectivity index (χ0v) is 15.0. The van der Waals surface area contributed by atoms with Gasteiger partial charge in [0.1, 0.15) is 5.75 Å². The van der Waals surface area contributed by atoms with E-state index in [9.17, 15) is 0 Å². The van der Waals surface area contributed by atoms with Gasteiger partial charge in [-0.15, -0.1) is 0 Å². The molecule has 1 aliphatic rings. The highest BCUT2D eigenvalue weighted by Crippen LogP contribution is 2.49. The highest BCUT2D eigenvalue weighted by atomic mass is 16.5. The fraction of sp³-hybridized carbons (Fsp3) is 0.318. The van der Waals surface area contributed by atoms with Gasteiger partial charge in [0.2, 0.25) is 0 Å². The quantitative estimate of drug-likeness (QED) is 0.637. The third-order valence-corrected chi connectivity index (χ3v) is 5.34. The summed E-state index contributed by atoms with van der Waals surface area (Å²) < 4.78 is 5.41. The van der Waals surface area contributed by atoms with Crippen molar-refractivity contribution in [2.24, 2.45) is 5.92 Å². The molecule has 1 saturated carbocycles. The fourth-order valence-corrected chi connectivity index (χ4v) is 3.79. The minimum Gasteiger partial charge on any atom is -0.496 e. The molecule has 0 bridgehead atoms. The van der Waals surface area contributed by atoms with Crippen LogP contribution in [-0.2, 0) is 6.42 Å². The Balaban J connectivity index is 1.32. The van der Waals surface area contributed by atoms with Crippen LogP contribution in [0, 0.1) is 17.2 Å². The summed E-state index contributed by atoms with van der Waals surface area (Å²) in [5.74, 6) is 2.24. The van der Waals surface area contributed by atoms with Crippen LogP contribution in [0.1, 0.15) is 29.0 Å². The minimum atomic E-state index is 0.594. The third-order valence-electron chi connectivity index (χ3n) is 5.34. The van der Waals surface area contributed by atoms with Crippen LogP contribution in [0.4, 0.5) is 0 Å². The highest BCUT2D eigenvalue weighted by molar-refractivity contribution is 5.85. The number of nitrogens with one attached hydrogen (secondary N) is 2. The van der Waals surface area contributed by atoms with Gasteiger partial charge >= 0.3 is 0 Å². The lowest BCUT2D eigenvalue weighted by Gasteiger charge is -2.09. The second kappa shape index (κ2) is 7.23. The number of aromatic nitrogens is 1. The van der Waals surface area contributed by atoms with Gasteiger partial charge in [-0.25, -0.2) is 0 Å². The first kappa shape index (κ1) is 16.7. The Kier molecular flexibility index (Phi) is 4.64. The Bertz CT molecular complexity index is 953. The molecule has 1 aliphatic carbocycles. The molecule has 2 N–H and O–H groups in total. The summed E-state index contributed by atoms with van der Waals surface area (Å²) in [5, 5.41) is 13.9. The molecular formula is C22H23N3O. The SMILES string of the molecule is COc1ccccc1CCNCC1CC1c1c[nH]c2ccc(C#N)cc12. The molecule has 1 fully saturated rings. The summed E-state index contributed by atoms with van der Waals surface area (Å²) in [6.07, 6.45) is 4.30. The fourth-order valence-electron chi connectivity index (χ4n) is 3.79. The molecule has 4 rings (SSSR count). The molecule has 1 aromatic heterocycles. The number of nitrogens with zero attached hydrogens (tertiary/aromatic N) is 1. The highest BCUT2D eigenvalue weighted by Gasteiger charge is 2.39. The van der Waals surface area contributed by atoms with E-state index < -0.39 is 0 Å². The number of hydrogen-bond donors (Lipinski definition) is 2. The van der Waals surface area contributed by atoms with E-state index in [1.54, 1.807) is 7.11 Å². The van der Waals surface area contributed by atoms with Crippen LogP contribution in [0.25, 0.3) is 10.9 Å². The Morgan fingerprint density at radius 1 is 1.27 bits per heavy atom. The van der Waals surface area contributed by atoms with Crippen LogP contribution in [-0.4, -0.2) is 25.2 Å². The summed E-state index contributed by atoms with van der Waals surface area (Å²) in [4.78, 5) is 3.34. The summed E-state index contributed by atoms with van der Waals surface area (Å²) in [6.45, 7) is 1.99. The molecule has 4 nitrogen and oxygen atoms in total. The smallest absolute Gasteiger partial charge is 0.122 e. The molecule has 26 heavy (non-hydrogen) atoms. The molecule has 132 valence electrons. The number of ether oxygens (including phenoxy) is 1. The number of hydrogen-bond acceptors (Lipinski definition) is 3. The van der Waals surface area contributed by atoms with Crippen molar-refractivity contribution >= 4 is 10.9 Å². The lowest BCUT2D eigenvalue weighted by atomic mass is 10.1. The molecule has 1 heterocycles. The number of methoxy groups -OCH3 is 1. The van der Waals surface area contributed by atoms with E-state index in [1.165, 1.54) is 22.9 Å². The van der Waals surface area contributed by atoms with Gasteiger partial charge in [0, 0.05) is 17.1 Å². The Labute approximate surface area is 153 Å². The van der Waals surface area contributed by atoms with Crippen molar-refractivity contribution in [1.29, 1.82) is 5.26 Å². The molecule has 0 saturated heterocycles. The van der Waals surface area contributed by atoms with Crippen molar-refractivity contribution in [1.82, 2.24) is 10.3 Å². The summed E-state index contributed by atoms with van der Waals surface area (Å²) in [6, 6.07) is 16.3. The second-order valence-electron chi connectivity index (χ2n) is 6.98. The predicted octanol–water partition coefficient (Wildman–Crippen LogP) is 3.98. The first-order valence-corrected chi connectivity index (χ1v) is 9.14.